The molecular weight excluding hydrogens is 617 g/mol. The fourth-order valence-corrected chi connectivity index (χ4v) is 8.38. The van der Waals surface area contributed by atoms with Crippen molar-refractivity contribution in [1.82, 2.24) is 4.57 Å². The number of para-hydroxylation sites is 3. The summed E-state index contributed by atoms with van der Waals surface area (Å²) in [5, 5.41) is 5.14. The molecule has 0 unspecified atom stereocenters. The molecule has 0 amide bonds. The highest BCUT2D eigenvalue weighted by Gasteiger charge is 2.36. The van der Waals surface area contributed by atoms with Gasteiger partial charge in [0.25, 0.3) is 0 Å². The molecule has 242 valence electrons. The summed E-state index contributed by atoms with van der Waals surface area (Å²) in [5.41, 5.74) is 14.8. The molecular formula is C49H36N2. The summed E-state index contributed by atoms with van der Waals surface area (Å²) < 4.78 is 2.37. The summed E-state index contributed by atoms with van der Waals surface area (Å²) in [6.45, 7) is 4.73. The molecule has 2 nitrogen and oxygen atoms in total. The molecule has 9 aromatic rings. The molecule has 51 heavy (non-hydrogen) atoms. The molecule has 0 radical (unpaired) electrons. The van der Waals surface area contributed by atoms with Crippen molar-refractivity contribution >= 4 is 49.6 Å². The van der Waals surface area contributed by atoms with Crippen LogP contribution >= 0.6 is 0 Å². The van der Waals surface area contributed by atoms with E-state index in [4.69, 9.17) is 0 Å². The third kappa shape index (κ3) is 4.64. The van der Waals surface area contributed by atoms with E-state index in [-0.39, 0.29) is 5.41 Å². The van der Waals surface area contributed by atoms with E-state index in [2.05, 4.69) is 205 Å². The Morgan fingerprint density at radius 1 is 0.412 bits per heavy atom. The van der Waals surface area contributed by atoms with Crippen LogP contribution in [0.15, 0.2) is 182 Å². The van der Waals surface area contributed by atoms with Crippen molar-refractivity contribution in [1.29, 1.82) is 0 Å². The average Bonchev–Trinajstić information content (AvgIpc) is 3.63. The van der Waals surface area contributed by atoms with Crippen LogP contribution in [0.3, 0.4) is 0 Å². The second-order valence-corrected chi connectivity index (χ2v) is 14.2. The Morgan fingerprint density at radius 3 is 1.59 bits per heavy atom. The zero-order chi connectivity index (χ0) is 34.1. The molecule has 0 aliphatic heterocycles. The first kappa shape index (κ1) is 29.5. The molecule has 10 rings (SSSR count). The van der Waals surface area contributed by atoms with E-state index in [0.717, 1.165) is 22.7 Å². The van der Waals surface area contributed by atoms with E-state index in [1.165, 1.54) is 66.0 Å². The van der Waals surface area contributed by atoms with E-state index < -0.39 is 0 Å². The molecule has 1 aliphatic rings. The molecule has 0 atom stereocenters. The fourth-order valence-electron chi connectivity index (χ4n) is 8.38. The highest BCUT2D eigenvalue weighted by Crippen LogP contribution is 2.51. The lowest BCUT2D eigenvalue weighted by atomic mass is 9.81. The molecule has 1 heterocycles. The maximum atomic E-state index is 2.41. The largest absolute Gasteiger partial charge is 0.310 e. The van der Waals surface area contributed by atoms with E-state index >= 15 is 0 Å². The topological polar surface area (TPSA) is 8.17 Å². The summed E-state index contributed by atoms with van der Waals surface area (Å²) in [6, 6.07) is 66.5. The normalized spacial score (nSPS) is 13.1. The van der Waals surface area contributed by atoms with E-state index in [0.29, 0.717) is 0 Å². The maximum Gasteiger partial charge on any atom is 0.0541 e. The first-order chi connectivity index (χ1) is 25.0. The summed E-state index contributed by atoms with van der Waals surface area (Å²) in [7, 11) is 0. The van der Waals surface area contributed by atoms with Crippen molar-refractivity contribution in [3.05, 3.63) is 193 Å². The minimum Gasteiger partial charge on any atom is -0.310 e. The van der Waals surface area contributed by atoms with E-state index in [1.807, 2.05) is 0 Å². The third-order valence-electron chi connectivity index (χ3n) is 11.0. The number of rotatable bonds is 5. The average molecular weight is 653 g/mol. The third-order valence-corrected chi connectivity index (χ3v) is 11.0. The number of fused-ring (bicyclic) bond motifs is 7. The Morgan fingerprint density at radius 2 is 0.922 bits per heavy atom. The Bertz CT molecular complexity index is 2700. The van der Waals surface area contributed by atoms with E-state index in [1.54, 1.807) is 0 Å². The van der Waals surface area contributed by atoms with Crippen molar-refractivity contribution in [3.63, 3.8) is 0 Å². The second-order valence-electron chi connectivity index (χ2n) is 14.2. The van der Waals surface area contributed by atoms with E-state index in [9.17, 15) is 0 Å². The van der Waals surface area contributed by atoms with Crippen molar-refractivity contribution in [3.8, 4) is 27.9 Å². The Labute approximate surface area is 298 Å². The number of benzene rings is 8. The summed E-state index contributed by atoms with van der Waals surface area (Å²) >= 11 is 0. The molecule has 0 N–H and O–H groups in total. The van der Waals surface area contributed by atoms with Gasteiger partial charge >= 0.3 is 0 Å². The van der Waals surface area contributed by atoms with Crippen molar-refractivity contribution in [2.24, 2.45) is 0 Å². The SMILES string of the molecule is CC1(C)c2cc(N(c3ccccc3)c3ccc(-c4ccc(-n5c6ccccc6c6ccccc65)cc4)cc3)ccc2-c2cc3ccccc3cc21. The van der Waals surface area contributed by atoms with Gasteiger partial charge < -0.3 is 9.47 Å². The summed E-state index contributed by atoms with van der Waals surface area (Å²) in [4.78, 5) is 2.38. The van der Waals surface area contributed by atoms with Crippen LogP contribution in [0.2, 0.25) is 0 Å². The predicted octanol–water partition coefficient (Wildman–Crippen LogP) is 13.4. The highest BCUT2D eigenvalue weighted by molar-refractivity contribution is 6.09. The Kier molecular flexibility index (Phi) is 6.56. The van der Waals surface area contributed by atoms with Crippen molar-refractivity contribution in [2.75, 3.05) is 4.90 Å². The monoisotopic (exact) mass is 652 g/mol. The lowest BCUT2D eigenvalue weighted by molar-refractivity contribution is 0.661. The van der Waals surface area contributed by atoms with Gasteiger partial charge in [-0.25, -0.2) is 0 Å². The fraction of sp³-hybridized carbons (Fsp3) is 0.0612. The minimum absolute atomic E-state index is 0.109. The number of hydrogen-bond acceptors (Lipinski definition) is 1. The van der Waals surface area contributed by atoms with Crippen LogP contribution in [0.5, 0.6) is 0 Å². The van der Waals surface area contributed by atoms with Crippen LogP contribution in [0.4, 0.5) is 17.1 Å². The van der Waals surface area contributed by atoms with Gasteiger partial charge in [-0.3, -0.25) is 0 Å². The molecule has 0 saturated carbocycles. The number of nitrogens with zero attached hydrogens (tertiary/aromatic N) is 2. The molecule has 8 aromatic carbocycles. The number of anilines is 3. The second kappa shape index (κ2) is 11.3. The molecule has 2 heteroatoms. The molecule has 1 aliphatic carbocycles. The van der Waals surface area contributed by atoms with Crippen molar-refractivity contribution < 1.29 is 0 Å². The van der Waals surface area contributed by atoms with Gasteiger partial charge in [-0.15, -0.1) is 0 Å². The van der Waals surface area contributed by atoms with Crippen LogP contribution in [0.1, 0.15) is 25.0 Å². The van der Waals surface area contributed by atoms with Gasteiger partial charge in [0.05, 0.1) is 11.0 Å². The smallest absolute Gasteiger partial charge is 0.0541 e. The van der Waals surface area contributed by atoms with Gasteiger partial charge in [-0.05, 0) is 117 Å². The standard InChI is InChI=1S/C49H36N2/c1-49(2)45-31-36-13-7-6-12-35(36)30-44(45)41-29-28-40(32-46(41)49)50(37-14-4-3-5-15-37)38-24-20-33(21-25-38)34-22-26-39(27-23-34)51-47-18-10-8-16-42(47)43-17-9-11-19-48(43)51/h3-32H,1-2H3. The first-order valence-electron chi connectivity index (χ1n) is 17.8. The molecule has 0 bridgehead atoms. The van der Waals surface area contributed by atoms with Gasteiger partial charge in [-0.1, -0.05) is 123 Å². The van der Waals surface area contributed by atoms with Crippen molar-refractivity contribution in [2.45, 2.75) is 19.3 Å². The molecule has 0 fully saturated rings. The highest BCUT2D eigenvalue weighted by atomic mass is 15.1. The van der Waals surface area contributed by atoms with Gasteiger partial charge in [0.15, 0.2) is 0 Å². The van der Waals surface area contributed by atoms with Crippen LogP contribution in [-0.2, 0) is 5.41 Å². The summed E-state index contributed by atoms with van der Waals surface area (Å²) in [5.74, 6) is 0. The predicted molar refractivity (Wildman–Crippen MR) is 216 cm³/mol. The molecule has 0 spiro atoms. The Balaban J connectivity index is 1.01. The molecule has 0 saturated heterocycles. The Hall–Kier alpha value is -6.38. The van der Waals surface area contributed by atoms with Gasteiger partial charge in [0, 0.05) is 38.9 Å². The lowest BCUT2D eigenvalue weighted by Crippen LogP contribution is -2.16. The number of hydrogen-bond donors (Lipinski definition) is 0. The van der Waals surface area contributed by atoms with Crippen LogP contribution in [0.25, 0.3) is 60.5 Å². The lowest BCUT2D eigenvalue weighted by Gasteiger charge is -2.28. The zero-order valence-electron chi connectivity index (χ0n) is 28.7. The van der Waals surface area contributed by atoms with Gasteiger partial charge in [0.1, 0.15) is 0 Å². The van der Waals surface area contributed by atoms with Crippen LogP contribution in [-0.4, -0.2) is 4.57 Å². The maximum absolute atomic E-state index is 2.41. The van der Waals surface area contributed by atoms with Crippen LogP contribution in [0, 0.1) is 0 Å². The zero-order valence-corrected chi connectivity index (χ0v) is 28.7. The quantitative estimate of drug-likeness (QED) is 0.180. The minimum atomic E-state index is -0.109. The molecule has 1 aromatic heterocycles. The number of aromatic nitrogens is 1. The van der Waals surface area contributed by atoms with Crippen LogP contribution < -0.4 is 4.90 Å². The van der Waals surface area contributed by atoms with Gasteiger partial charge in [0.2, 0.25) is 0 Å². The first-order valence-corrected chi connectivity index (χ1v) is 17.8. The van der Waals surface area contributed by atoms with Gasteiger partial charge in [-0.2, -0.15) is 0 Å². The summed E-state index contributed by atoms with van der Waals surface area (Å²) in [6.07, 6.45) is 0.